The van der Waals surface area contributed by atoms with Crippen molar-refractivity contribution in [3.63, 3.8) is 0 Å². The molecule has 2 rings (SSSR count). The van der Waals surface area contributed by atoms with Crippen LogP contribution in [0.2, 0.25) is 0 Å². The molecule has 0 amide bonds. The van der Waals surface area contributed by atoms with Crippen molar-refractivity contribution < 1.29 is 0 Å². The van der Waals surface area contributed by atoms with Gasteiger partial charge in [0.05, 0.1) is 0 Å². The second-order valence-electron chi connectivity index (χ2n) is 5.63. The van der Waals surface area contributed by atoms with Gasteiger partial charge < -0.3 is 5.73 Å². The van der Waals surface area contributed by atoms with E-state index in [9.17, 15) is 0 Å². The van der Waals surface area contributed by atoms with E-state index in [1.165, 1.54) is 37.9 Å². The highest BCUT2D eigenvalue weighted by Crippen LogP contribution is 2.37. The third-order valence-corrected chi connectivity index (χ3v) is 4.52. The van der Waals surface area contributed by atoms with Crippen LogP contribution in [0.3, 0.4) is 0 Å². The predicted octanol–water partition coefficient (Wildman–Crippen LogP) is 2.38. The summed E-state index contributed by atoms with van der Waals surface area (Å²) in [5.41, 5.74) is 7.77. The van der Waals surface area contributed by atoms with Crippen molar-refractivity contribution in [2.24, 2.45) is 11.1 Å². The molecule has 0 unspecified atom stereocenters. The van der Waals surface area contributed by atoms with Crippen molar-refractivity contribution in [2.75, 3.05) is 13.1 Å². The van der Waals surface area contributed by atoms with Gasteiger partial charge in [-0.1, -0.05) is 13.8 Å². The number of nitrogens with one attached hydrogen (secondary N) is 1. The first-order valence-corrected chi connectivity index (χ1v) is 7.10. The van der Waals surface area contributed by atoms with Gasteiger partial charge in [-0.3, -0.25) is 15.3 Å². The molecule has 2 heterocycles. The molecule has 0 spiro atoms. The summed E-state index contributed by atoms with van der Waals surface area (Å²) in [5, 5.41) is 7.44. The number of aromatic nitrogens is 1. The van der Waals surface area contributed by atoms with Gasteiger partial charge in [0.25, 0.3) is 0 Å². The van der Waals surface area contributed by atoms with Crippen molar-refractivity contribution in [1.29, 1.82) is 5.41 Å². The highest BCUT2D eigenvalue weighted by atomic mass is 15.2. The summed E-state index contributed by atoms with van der Waals surface area (Å²) in [6.07, 6.45) is 5.56. The molecule has 1 aliphatic rings. The molecule has 0 saturated carbocycles. The second-order valence-corrected chi connectivity index (χ2v) is 5.63. The van der Waals surface area contributed by atoms with Gasteiger partial charge in [-0.05, 0) is 48.9 Å². The Kier molecular flexibility index (Phi) is 4.20. The van der Waals surface area contributed by atoms with E-state index in [2.05, 4.69) is 23.7 Å². The summed E-state index contributed by atoms with van der Waals surface area (Å²) in [5.74, 6) is 0.0414. The molecule has 0 atom stereocenters. The summed E-state index contributed by atoms with van der Waals surface area (Å²) in [6, 6.07) is 3.95. The maximum atomic E-state index is 7.44. The van der Waals surface area contributed by atoms with Crippen molar-refractivity contribution in [3.8, 4) is 0 Å². The summed E-state index contributed by atoms with van der Waals surface area (Å²) in [6.45, 7) is 7.88. The molecular weight excluding hydrogens is 236 g/mol. The molecule has 0 aliphatic carbocycles. The zero-order valence-electron chi connectivity index (χ0n) is 11.9. The average Bonchev–Trinajstić information content (AvgIpc) is 2.83. The molecule has 104 valence electrons. The number of nitrogens with zero attached hydrogens (tertiary/aromatic N) is 2. The van der Waals surface area contributed by atoms with Crippen molar-refractivity contribution in [3.05, 3.63) is 29.6 Å². The Bertz CT molecular complexity index is 451. The lowest BCUT2D eigenvalue weighted by Gasteiger charge is -2.26. The summed E-state index contributed by atoms with van der Waals surface area (Å²) in [7, 11) is 0. The number of pyridine rings is 1. The first-order valence-electron chi connectivity index (χ1n) is 7.10. The Hall–Kier alpha value is -1.42. The zero-order valence-corrected chi connectivity index (χ0v) is 11.9. The molecule has 1 fully saturated rings. The minimum atomic E-state index is 0.0414. The van der Waals surface area contributed by atoms with Crippen LogP contribution in [0.4, 0.5) is 0 Å². The maximum Gasteiger partial charge on any atom is 0.141 e. The van der Waals surface area contributed by atoms with E-state index in [-0.39, 0.29) is 5.84 Å². The minimum absolute atomic E-state index is 0.0414. The van der Waals surface area contributed by atoms with Crippen LogP contribution in [0.5, 0.6) is 0 Å². The van der Waals surface area contributed by atoms with Gasteiger partial charge in [0, 0.05) is 19.3 Å². The Balaban J connectivity index is 2.03. The fourth-order valence-corrected chi connectivity index (χ4v) is 2.97. The van der Waals surface area contributed by atoms with E-state index in [0.717, 1.165) is 6.54 Å². The molecule has 0 radical (unpaired) electrons. The van der Waals surface area contributed by atoms with Crippen LogP contribution in [0.1, 0.15) is 44.4 Å². The molecular formula is C15H24N4. The molecule has 1 aliphatic heterocycles. The largest absolute Gasteiger partial charge is 0.382 e. The lowest BCUT2D eigenvalue weighted by Crippen LogP contribution is -2.26. The van der Waals surface area contributed by atoms with Crippen molar-refractivity contribution in [2.45, 2.75) is 39.7 Å². The number of likely N-dealkylation sites (tertiary alicyclic amines) is 1. The lowest BCUT2D eigenvalue weighted by atomic mass is 9.82. The lowest BCUT2D eigenvalue weighted by molar-refractivity contribution is 0.236. The Morgan fingerprint density at radius 3 is 2.79 bits per heavy atom. The fourth-order valence-electron chi connectivity index (χ4n) is 2.97. The monoisotopic (exact) mass is 260 g/mol. The Labute approximate surface area is 115 Å². The highest BCUT2D eigenvalue weighted by Gasteiger charge is 2.34. The Morgan fingerprint density at radius 1 is 1.47 bits per heavy atom. The quantitative estimate of drug-likeness (QED) is 0.631. The predicted molar refractivity (Wildman–Crippen MR) is 78.2 cm³/mol. The van der Waals surface area contributed by atoms with Gasteiger partial charge >= 0.3 is 0 Å². The maximum absolute atomic E-state index is 7.44. The standard InChI is InChI=1S/C15H24N4/c1-3-15(4-2)6-8-19(11-15)10-12-5-7-18-13(9-12)14(16)17/h5,7,9H,3-4,6,8,10-11H2,1-2H3,(H3,16,17). The number of hydrogen-bond donors (Lipinski definition) is 2. The normalized spacial score (nSPS) is 18.6. The summed E-state index contributed by atoms with van der Waals surface area (Å²) < 4.78 is 0. The molecule has 0 aromatic carbocycles. The van der Waals surface area contributed by atoms with Crippen molar-refractivity contribution >= 4 is 5.84 Å². The molecule has 4 heteroatoms. The van der Waals surface area contributed by atoms with Gasteiger partial charge in [-0.25, -0.2) is 0 Å². The number of hydrogen-bond acceptors (Lipinski definition) is 3. The van der Waals surface area contributed by atoms with Gasteiger partial charge in [-0.15, -0.1) is 0 Å². The van der Waals surface area contributed by atoms with E-state index in [4.69, 9.17) is 11.1 Å². The first-order chi connectivity index (χ1) is 9.08. The number of nitrogen functional groups attached to an aromatic ring is 1. The van der Waals surface area contributed by atoms with Crippen LogP contribution >= 0.6 is 0 Å². The van der Waals surface area contributed by atoms with Crippen LogP contribution in [-0.2, 0) is 6.54 Å². The number of rotatable bonds is 5. The van der Waals surface area contributed by atoms with Crippen LogP contribution in [0.15, 0.2) is 18.3 Å². The van der Waals surface area contributed by atoms with Crippen molar-refractivity contribution in [1.82, 2.24) is 9.88 Å². The Morgan fingerprint density at radius 2 is 2.21 bits per heavy atom. The van der Waals surface area contributed by atoms with E-state index in [1.807, 2.05) is 12.1 Å². The molecule has 0 bridgehead atoms. The summed E-state index contributed by atoms with van der Waals surface area (Å²) >= 11 is 0. The van der Waals surface area contributed by atoms with Crippen LogP contribution in [0, 0.1) is 10.8 Å². The average molecular weight is 260 g/mol. The van der Waals surface area contributed by atoms with E-state index < -0.39 is 0 Å². The van der Waals surface area contributed by atoms with Gasteiger partial charge in [0.1, 0.15) is 11.5 Å². The van der Waals surface area contributed by atoms with E-state index >= 15 is 0 Å². The molecule has 1 aromatic rings. The molecule has 4 nitrogen and oxygen atoms in total. The fraction of sp³-hybridized carbons (Fsp3) is 0.600. The highest BCUT2D eigenvalue weighted by molar-refractivity contribution is 5.93. The van der Waals surface area contributed by atoms with E-state index in [0.29, 0.717) is 11.1 Å². The molecule has 1 saturated heterocycles. The van der Waals surface area contributed by atoms with E-state index in [1.54, 1.807) is 6.20 Å². The topological polar surface area (TPSA) is 66.0 Å². The number of nitrogens with two attached hydrogens (primary N) is 1. The summed E-state index contributed by atoms with van der Waals surface area (Å²) in [4.78, 5) is 6.61. The third-order valence-electron chi connectivity index (χ3n) is 4.52. The SMILES string of the molecule is CCC1(CC)CCN(Cc2ccnc(C(=N)N)c2)C1. The van der Waals surface area contributed by atoms with Gasteiger partial charge in [-0.2, -0.15) is 0 Å². The smallest absolute Gasteiger partial charge is 0.141 e. The van der Waals surface area contributed by atoms with Gasteiger partial charge in [0.15, 0.2) is 0 Å². The zero-order chi connectivity index (χ0) is 13.9. The molecule has 1 aromatic heterocycles. The first kappa shape index (κ1) is 14.0. The number of amidine groups is 1. The van der Waals surface area contributed by atoms with Crippen LogP contribution in [0.25, 0.3) is 0 Å². The van der Waals surface area contributed by atoms with Gasteiger partial charge in [0.2, 0.25) is 0 Å². The molecule has 19 heavy (non-hydrogen) atoms. The minimum Gasteiger partial charge on any atom is -0.382 e. The molecule has 3 N–H and O–H groups in total. The third kappa shape index (κ3) is 3.13. The van der Waals surface area contributed by atoms with Crippen LogP contribution < -0.4 is 5.73 Å². The second kappa shape index (κ2) is 5.70. The van der Waals surface area contributed by atoms with Crippen LogP contribution in [-0.4, -0.2) is 28.8 Å².